The normalized spacial score (nSPS) is 10.5. The number of rotatable bonds is 6. The zero-order chi connectivity index (χ0) is 17.6. The topological polar surface area (TPSA) is 64.4 Å². The van der Waals surface area contributed by atoms with Gasteiger partial charge in [-0.25, -0.2) is 4.98 Å². The van der Waals surface area contributed by atoms with E-state index in [1.807, 2.05) is 44.2 Å². The molecule has 0 saturated carbocycles. The van der Waals surface area contributed by atoms with Crippen LogP contribution < -0.4 is 10.1 Å². The highest BCUT2D eigenvalue weighted by atomic mass is 16.5. The average molecular weight is 336 g/mol. The van der Waals surface area contributed by atoms with E-state index in [1.54, 1.807) is 24.3 Å². The molecule has 0 aliphatic rings. The number of carbonyl (C=O) groups excluding carboxylic acids is 1. The van der Waals surface area contributed by atoms with Gasteiger partial charge in [-0.3, -0.25) is 4.79 Å². The van der Waals surface area contributed by atoms with Crippen molar-refractivity contribution in [3.8, 4) is 5.75 Å². The van der Waals surface area contributed by atoms with Crippen LogP contribution in [0.15, 0.2) is 59.0 Å². The minimum Gasteiger partial charge on any atom is -0.489 e. The van der Waals surface area contributed by atoms with E-state index in [1.165, 1.54) is 0 Å². The Morgan fingerprint density at radius 1 is 1.08 bits per heavy atom. The zero-order valence-electron chi connectivity index (χ0n) is 14.3. The van der Waals surface area contributed by atoms with E-state index in [0.29, 0.717) is 18.1 Å². The average Bonchev–Trinajstić information content (AvgIpc) is 2.97. The summed E-state index contributed by atoms with van der Waals surface area (Å²) in [5, 5.41) is 2.80. The Morgan fingerprint density at radius 2 is 1.80 bits per heavy atom. The Morgan fingerprint density at radius 3 is 2.44 bits per heavy atom. The molecule has 3 aromatic rings. The van der Waals surface area contributed by atoms with E-state index in [2.05, 4.69) is 10.3 Å². The molecule has 0 aliphatic carbocycles. The number of aryl methyl sites for hydroxylation is 2. The molecule has 25 heavy (non-hydrogen) atoms. The van der Waals surface area contributed by atoms with Gasteiger partial charge in [-0.2, -0.15) is 0 Å². The van der Waals surface area contributed by atoms with Crippen molar-refractivity contribution in [3.63, 3.8) is 0 Å². The number of amides is 1. The van der Waals surface area contributed by atoms with Crippen molar-refractivity contribution >= 4 is 5.91 Å². The third kappa shape index (κ3) is 4.47. The smallest absolute Gasteiger partial charge is 0.251 e. The molecule has 2 aromatic carbocycles. The number of benzene rings is 2. The molecule has 5 nitrogen and oxygen atoms in total. The first kappa shape index (κ1) is 16.8. The van der Waals surface area contributed by atoms with Gasteiger partial charge in [0.15, 0.2) is 0 Å². The second-order valence-electron chi connectivity index (χ2n) is 5.73. The van der Waals surface area contributed by atoms with Gasteiger partial charge in [0.25, 0.3) is 5.91 Å². The molecule has 0 aliphatic heterocycles. The van der Waals surface area contributed by atoms with Crippen molar-refractivity contribution in [1.82, 2.24) is 10.3 Å². The van der Waals surface area contributed by atoms with Gasteiger partial charge < -0.3 is 14.5 Å². The lowest BCUT2D eigenvalue weighted by atomic mass is 10.2. The van der Waals surface area contributed by atoms with E-state index >= 15 is 0 Å². The molecule has 0 saturated heterocycles. The number of oxazole rings is 1. The summed E-state index contributed by atoms with van der Waals surface area (Å²) < 4.78 is 11.2. The molecule has 0 atom stereocenters. The Labute approximate surface area is 146 Å². The highest BCUT2D eigenvalue weighted by molar-refractivity contribution is 5.94. The first-order valence-electron chi connectivity index (χ1n) is 8.10. The molecule has 1 N–H and O–H groups in total. The van der Waals surface area contributed by atoms with Gasteiger partial charge in [-0.05, 0) is 43.7 Å². The van der Waals surface area contributed by atoms with Gasteiger partial charge in [-0.15, -0.1) is 0 Å². The summed E-state index contributed by atoms with van der Waals surface area (Å²) in [6.07, 6.45) is 0. The lowest BCUT2D eigenvalue weighted by Gasteiger charge is -2.07. The van der Waals surface area contributed by atoms with Crippen LogP contribution in [0.2, 0.25) is 0 Å². The molecule has 1 amide bonds. The number of ether oxygens (including phenoxy) is 1. The summed E-state index contributed by atoms with van der Waals surface area (Å²) >= 11 is 0. The fraction of sp³-hybridized carbons (Fsp3) is 0.200. The van der Waals surface area contributed by atoms with Gasteiger partial charge in [0.2, 0.25) is 5.89 Å². The summed E-state index contributed by atoms with van der Waals surface area (Å²) in [5.74, 6) is 1.82. The molecule has 0 spiro atoms. The van der Waals surface area contributed by atoms with Gasteiger partial charge in [0.05, 0.1) is 12.2 Å². The quantitative estimate of drug-likeness (QED) is 0.743. The summed E-state index contributed by atoms with van der Waals surface area (Å²) in [7, 11) is 0. The van der Waals surface area contributed by atoms with E-state index < -0.39 is 0 Å². The predicted molar refractivity (Wildman–Crippen MR) is 94.4 cm³/mol. The standard InChI is InChI=1S/C20H20N2O3/c1-14-15(2)25-19(22-14)12-21-20(23)17-8-10-18(11-9-17)24-13-16-6-4-3-5-7-16/h3-11H,12-13H2,1-2H3,(H,21,23). The zero-order valence-corrected chi connectivity index (χ0v) is 14.3. The SMILES string of the molecule is Cc1nc(CNC(=O)c2ccc(OCc3ccccc3)cc2)oc1C. The Hall–Kier alpha value is -3.08. The Balaban J connectivity index is 1.53. The van der Waals surface area contributed by atoms with Crippen LogP contribution in [0.25, 0.3) is 0 Å². The Bertz CT molecular complexity index is 820. The molecule has 0 fully saturated rings. The number of carbonyl (C=O) groups is 1. The summed E-state index contributed by atoms with van der Waals surface area (Å²) in [6.45, 7) is 4.48. The highest BCUT2D eigenvalue weighted by Gasteiger charge is 2.09. The van der Waals surface area contributed by atoms with Gasteiger partial charge >= 0.3 is 0 Å². The summed E-state index contributed by atoms with van der Waals surface area (Å²) in [5.41, 5.74) is 2.50. The first-order valence-corrected chi connectivity index (χ1v) is 8.10. The summed E-state index contributed by atoms with van der Waals surface area (Å²) in [6, 6.07) is 17.0. The molecule has 0 unspecified atom stereocenters. The van der Waals surface area contributed by atoms with Crippen LogP contribution in [-0.4, -0.2) is 10.9 Å². The molecule has 128 valence electrons. The van der Waals surface area contributed by atoms with Crippen molar-refractivity contribution in [2.45, 2.75) is 27.0 Å². The second-order valence-corrected chi connectivity index (χ2v) is 5.73. The molecule has 3 rings (SSSR count). The Kier molecular flexibility index (Phi) is 5.14. The van der Waals surface area contributed by atoms with Crippen LogP contribution in [0.3, 0.4) is 0 Å². The molecule has 0 bridgehead atoms. The maximum absolute atomic E-state index is 12.2. The van der Waals surface area contributed by atoms with E-state index in [4.69, 9.17) is 9.15 Å². The van der Waals surface area contributed by atoms with Crippen LogP contribution in [-0.2, 0) is 13.2 Å². The number of nitrogens with one attached hydrogen (secondary N) is 1. The van der Waals surface area contributed by atoms with Crippen LogP contribution in [0.4, 0.5) is 0 Å². The molecule has 0 radical (unpaired) electrons. The monoisotopic (exact) mass is 336 g/mol. The number of nitrogens with zero attached hydrogens (tertiary/aromatic N) is 1. The largest absolute Gasteiger partial charge is 0.489 e. The maximum atomic E-state index is 12.2. The van der Waals surface area contributed by atoms with E-state index in [-0.39, 0.29) is 12.5 Å². The van der Waals surface area contributed by atoms with Crippen LogP contribution in [0, 0.1) is 13.8 Å². The lowest BCUT2D eigenvalue weighted by molar-refractivity contribution is 0.0947. The van der Waals surface area contributed by atoms with Crippen LogP contribution in [0.5, 0.6) is 5.75 Å². The van der Waals surface area contributed by atoms with Gasteiger partial charge in [0, 0.05) is 5.56 Å². The maximum Gasteiger partial charge on any atom is 0.251 e. The van der Waals surface area contributed by atoms with Crippen molar-refractivity contribution in [2.24, 2.45) is 0 Å². The molecule has 5 heteroatoms. The second kappa shape index (κ2) is 7.66. The van der Waals surface area contributed by atoms with Gasteiger partial charge in [-0.1, -0.05) is 30.3 Å². The number of aromatic nitrogens is 1. The predicted octanol–water partition coefficient (Wildman–Crippen LogP) is 3.80. The van der Waals surface area contributed by atoms with E-state index in [9.17, 15) is 4.79 Å². The fourth-order valence-electron chi connectivity index (χ4n) is 2.32. The van der Waals surface area contributed by atoms with Crippen molar-refractivity contribution in [3.05, 3.63) is 83.1 Å². The van der Waals surface area contributed by atoms with Gasteiger partial charge in [0.1, 0.15) is 18.1 Å². The molecular formula is C20H20N2O3. The van der Waals surface area contributed by atoms with Crippen molar-refractivity contribution in [2.75, 3.05) is 0 Å². The minimum atomic E-state index is -0.178. The molecule has 1 aromatic heterocycles. The number of hydrogen-bond donors (Lipinski definition) is 1. The molecular weight excluding hydrogens is 316 g/mol. The minimum absolute atomic E-state index is 0.178. The van der Waals surface area contributed by atoms with Crippen LogP contribution >= 0.6 is 0 Å². The third-order valence-electron chi connectivity index (χ3n) is 3.84. The van der Waals surface area contributed by atoms with E-state index in [0.717, 1.165) is 22.8 Å². The fourth-order valence-corrected chi connectivity index (χ4v) is 2.32. The van der Waals surface area contributed by atoms with Crippen LogP contribution in [0.1, 0.15) is 33.3 Å². The lowest BCUT2D eigenvalue weighted by Crippen LogP contribution is -2.22. The van der Waals surface area contributed by atoms with Crippen molar-refractivity contribution < 1.29 is 13.9 Å². The third-order valence-corrected chi connectivity index (χ3v) is 3.84. The van der Waals surface area contributed by atoms with Crippen molar-refractivity contribution in [1.29, 1.82) is 0 Å². The highest BCUT2D eigenvalue weighted by Crippen LogP contribution is 2.14. The summed E-state index contributed by atoms with van der Waals surface area (Å²) in [4.78, 5) is 16.4. The molecule has 1 heterocycles. The first-order chi connectivity index (χ1) is 12.1. The number of hydrogen-bond acceptors (Lipinski definition) is 4.